The molecule has 0 spiro atoms. The number of fused-ring (bicyclic) bond motifs is 1. The third kappa shape index (κ3) is 9.19. The lowest BCUT2D eigenvalue weighted by Gasteiger charge is -2.41. The highest BCUT2D eigenvalue weighted by Crippen LogP contribution is 2.33. The second-order valence-electron chi connectivity index (χ2n) is 15.5. The fraction of sp³-hybridized carbons (Fsp3) is 0.692. The number of aliphatic hydroxyl groups is 1. The zero-order valence-corrected chi connectivity index (χ0v) is 30.4. The molecule has 5 aliphatic rings. The van der Waals surface area contributed by atoms with Gasteiger partial charge in [0.25, 0.3) is 5.91 Å². The van der Waals surface area contributed by atoms with Gasteiger partial charge in [0.1, 0.15) is 36.3 Å². The lowest BCUT2D eigenvalue weighted by molar-refractivity contribution is -0.142. The average molecular weight is 704 g/mol. The van der Waals surface area contributed by atoms with Crippen molar-refractivity contribution < 1.29 is 24.2 Å². The summed E-state index contributed by atoms with van der Waals surface area (Å²) in [6, 6.07) is 6.68. The van der Waals surface area contributed by atoms with Crippen molar-refractivity contribution in [1.82, 2.24) is 30.0 Å². The number of aliphatic hydroxyl groups excluding tert-OH is 1. The molecule has 4 fully saturated rings. The van der Waals surface area contributed by atoms with Gasteiger partial charge in [-0.05, 0) is 68.2 Å². The van der Waals surface area contributed by atoms with E-state index in [4.69, 9.17) is 9.47 Å². The molecule has 51 heavy (non-hydrogen) atoms. The standard InChI is InChI=1S/C39H57N7O5/c1-27-34-13-16-44(21-28(34)11-12-36(27)50-24-33-23-46(26-51-33)31-9-6-4-2-3-5-7-10-31)22-32(47)20-40-38(48)35-19-37(42-25-41-35)43-30-17-29(18-30)39(49)45-14-8-15-45/h11-12,19,25,29-33,47H,2-10,13-18,20-24,26H2,1H3,(H,40,48)(H,41,42,43)/t29?,30?,32-,33?/m0/s1. The molecule has 278 valence electrons. The number of hydrogen-bond donors (Lipinski definition) is 3. The first-order valence-electron chi connectivity index (χ1n) is 19.6. The maximum Gasteiger partial charge on any atom is 0.270 e. The molecule has 7 rings (SSSR count). The van der Waals surface area contributed by atoms with Crippen molar-refractivity contribution in [3.63, 3.8) is 0 Å². The number of carbonyl (C=O) groups is 2. The molecule has 12 heteroatoms. The minimum Gasteiger partial charge on any atom is -0.491 e. The molecule has 0 bridgehead atoms. The first-order valence-corrected chi connectivity index (χ1v) is 19.6. The molecular weight excluding hydrogens is 646 g/mol. The van der Waals surface area contributed by atoms with Crippen molar-refractivity contribution >= 4 is 17.6 Å². The summed E-state index contributed by atoms with van der Waals surface area (Å²) in [5.41, 5.74) is 4.03. The quantitative estimate of drug-likeness (QED) is 0.299. The van der Waals surface area contributed by atoms with Crippen molar-refractivity contribution in [3.05, 3.63) is 46.9 Å². The molecule has 3 aliphatic heterocycles. The second-order valence-corrected chi connectivity index (χ2v) is 15.5. The molecule has 1 unspecified atom stereocenters. The number of carbonyl (C=O) groups excluding carboxylic acids is 2. The van der Waals surface area contributed by atoms with Crippen LogP contribution in [0.5, 0.6) is 5.75 Å². The van der Waals surface area contributed by atoms with Gasteiger partial charge in [0, 0.05) is 69.9 Å². The van der Waals surface area contributed by atoms with Crippen molar-refractivity contribution in [2.75, 3.05) is 57.9 Å². The monoisotopic (exact) mass is 703 g/mol. The van der Waals surface area contributed by atoms with Gasteiger partial charge in [-0.3, -0.25) is 19.4 Å². The number of β-amino-alcohol motifs (C(OH)–C–C–N with tert-alkyl or cyclic N) is 1. The van der Waals surface area contributed by atoms with Crippen LogP contribution in [0.4, 0.5) is 5.82 Å². The van der Waals surface area contributed by atoms with E-state index >= 15 is 0 Å². The van der Waals surface area contributed by atoms with Crippen molar-refractivity contribution in [2.45, 2.75) is 115 Å². The Morgan fingerprint density at radius 2 is 1.82 bits per heavy atom. The van der Waals surface area contributed by atoms with Crippen LogP contribution in [0.2, 0.25) is 0 Å². The lowest BCUT2D eigenvalue weighted by Crippen LogP contribution is -2.50. The van der Waals surface area contributed by atoms with Crippen molar-refractivity contribution in [3.8, 4) is 5.75 Å². The van der Waals surface area contributed by atoms with E-state index in [2.05, 4.69) is 49.5 Å². The molecule has 1 aromatic carbocycles. The predicted molar refractivity (Wildman–Crippen MR) is 195 cm³/mol. The SMILES string of the molecule is Cc1c(OCC2CN(C3CCCCCCCC3)CO2)ccc2c1CCN(C[C@@H](O)CNC(=O)c1cc(NC3CC(C(=O)N4CCC4)C3)ncn1)C2. The van der Waals surface area contributed by atoms with E-state index < -0.39 is 6.10 Å². The van der Waals surface area contributed by atoms with Gasteiger partial charge in [0.05, 0.1) is 12.8 Å². The molecular formula is C39H57N7O5. The highest BCUT2D eigenvalue weighted by molar-refractivity contribution is 5.92. The van der Waals surface area contributed by atoms with E-state index in [1.54, 1.807) is 6.07 Å². The highest BCUT2D eigenvalue weighted by atomic mass is 16.5. The van der Waals surface area contributed by atoms with Crippen molar-refractivity contribution in [2.24, 2.45) is 5.92 Å². The van der Waals surface area contributed by atoms with Crippen LogP contribution in [0.1, 0.15) is 97.8 Å². The maximum atomic E-state index is 12.9. The normalized spacial score (nSPS) is 25.4. The van der Waals surface area contributed by atoms with Crippen molar-refractivity contribution in [1.29, 1.82) is 0 Å². The van der Waals surface area contributed by atoms with Gasteiger partial charge in [-0.25, -0.2) is 9.97 Å². The average Bonchev–Trinajstić information content (AvgIpc) is 3.61. The van der Waals surface area contributed by atoms with Gasteiger partial charge in [-0.2, -0.15) is 0 Å². The van der Waals surface area contributed by atoms with Gasteiger partial charge in [0.2, 0.25) is 5.91 Å². The number of anilines is 1. The highest BCUT2D eigenvalue weighted by Gasteiger charge is 2.38. The number of rotatable bonds is 12. The Morgan fingerprint density at radius 1 is 1.04 bits per heavy atom. The minimum absolute atomic E-state index is 0.0801. The van der Waals surface area contributed by atoms with Gasteiger partial charge in [-0.15, -0.1) is 0 Å². The molecule has 2 aromatic rings. The fourth-order valence-corrected chi connectivity index (χ4v) is 8.44. The molecule has 12 nitrogen and oxygen atoms in total. The topological polar surface area (TPSA) is 132 Å². The molecule has 2 amide bonds. The largest absolute Gasteiger partial charge is 0.491 e. The smallest absolute Gasteiger partial charge is 0.270 e. The maximum absolute atomic E-state index is 12.9. The van der Waals surface area contributed by atoms with Crippen LogP contribution < -0.4 is 15.4 Å². The summed E-state index contributed by atoms with van der Waals surface area (Å²) < 4.78 is 12.5. The first-order chi connectivity index (χ1) is 24.9. The fourth-order valence-electron chi connectivity index (χ4n) is 8.44. The minimum atomic E-state index is -0.715. The van der Waals surface area contributed by atoms with E-state index in [0.29, 0.717) is 25.0 Å². The molecule has 3 N–H and O–H groups in total. The summed E-state index contributed by atoms with van der Waals surface area (Å²) in [7, 11) is 0. The van der Waals surface area contributed by atoms with Crippen LogP contribution in [-0.4, -0.2) is 118 Å². The number of likely N-dealkylation sites (tertiary alicyclic amines) is 1. The Balaban J connectivity index is 0.822. The third-order valence-corrected chi connectivity index (χ3v) is 11.8. The number of nitrogens with zero attached hydrogens (tertiary/aromatic N) is 5. The zero-order chi connectivity index (χ0) is 35.2. The second kappa shape index (κ2) is 17.0. The molecule has 4 heterocycles. The molecule has 2 atom stereocenters. The van der Waals surface area contributed by atoms with Gasteiger partial charge in [-0.1, -0.05) is 44.6 Å². The van der Waals surface area contributed by atoms with E-state index in [1.165, 1.54) is 74.4 Å². The Hall–Kier alpha value is -3.32. The number of nitrogens with one attached hydrogen (secondary N) is 2. The molecule has 1 aromatic heterocycles. The number of hydrogen-bond acceptors (Lipinski definition) is 10. The van der Waals surface area contributed by atoms with Crippen LogP contribution in [0.3, 0.4) is 0 Å². The van der Waals surface area contributed by atoms with E-state index in [1.807, 2.05) is 4.90 Å². The van der Waals surface area contributed by atoms with Crippen LogP contribution >= 0.6 is 0 Å². The van der Waals surface area contributed by atoms with Crippen LogP contribution in [0.25, 0.3) is 0 Å². The molecule has 2 saturated carbocycles. The molecule has 2 aliphatic carbocycles. The molecule has 2 saturated heterocycles. The summed E-state index contributed by atoms with van der Waals surface area (Å²) in [4.78, 5) is 40.4. The van der Waals surface area contributed by atoms with E-state index in [0.717, 1.165) is 70.9 Å². The predicted octanol–water partition coefficient (Wildman–Crippen LogP) is 3.90. The Bertz CT molecular complexity index is 1490. The number of ether oxygens (including phenoxy) is 2. The van der Waals surface area contributed by atoms with Gasteiger partial charge >= 0.3 is 0 Å². The Kier molecular flexibility index (Phi) is 12.0. The first kappa shape index (κ1) is 36.1. The van der Waals surface area contributed by atoms with Gasteiger partial charge < -0.3 is 30.1 Å². The summed E-state index contributed by atoms with van der Waals surface area (Å²) in [5.74, 6) is 1.50. The molecule has 0 radical (unpaired) electrons. The zero-order valence-electron chi connectivity index (χ0n) is 30.4. The van der Waals surface area contributed by atoms with E-state index in [9.17, 15) is 14.7 Å². The lowest BCUT2D eigenvalue weighted by atomic mass is 9.79. The Labute approximate surface area is 302 Å². The summed E-state index contributed by atoms with van der Waals surface area (Å²) in [6.45, 7) is 8.32. The van der Waals surface area contributed by atoms with Crippen LogP contribution in [-0.2, 0) is 22.5 Å². The summed E-state index contributed by atoms with van der Waals surface area (Å²) in [5, 5.41) is 17.0. The number of amides is 2. The Morgan fingerprint density at radius 3 is 2.59 bits per heavy atom. The van der Waals surface area contributed by atoms with Crippen LogP contribution in [0.15, 0.2) is 24.5 Å². The summed E-state index contributed by atoms with van der Waals surface area (Å²) >= 11 is 0. The third-order valence-electron chi connectivity index (χ3n) is 11.8. The number of benzene rings is 1. The van der Waals surface area contributed by atoms with Crippen LogP contribution in [0, 0.1) is 12.8 Å². The number of aromatic nitrogens is 2. The van der Waals surface area contributed by atoms with E-state index in [-0.39, 0.29) is 42.1 Å². The summed E-state index contributed by atoms with van der Waals surface area (Å²) in [6.07, 6.45) is 15.0. The van der Waals surface area contributed by atoms with Gasteiger partial charge in [0.15, 0.2) is 0 Å².